The Kier molecular flexibility index (Phi) is 3.48. The van der Waals surface area contributed by atoms with Crippen molar-refractivity contribution in [2.24, 2.45) is 0 Å². The first-order valence-electron chi connectivity index (χ1n) is 5.62. The van der Waals surface area contributed by atoms with Crippen molar-refractivity contribution in [3.8, 4) is 5.69 Å². The van der Waals surface area contributed by atoms with Crippen LogP contribution in [-0.4, -0.2) is 21.3 Å². The summed E-state index contributed by atoms with van der Waals surface area (Å²) in [4.78, 5) is 11.7. The second-order valence-electron chi connectivity index (χ2n) is 4.23. The van der Waals surface area contributed by atoms with Crippen molar-refractivity contribution < 1.29 is 9.00 Å². The second-order valence-corrected chi connectivity index (χ2v) is 5.61. The van der Waals surface area contributed by atoms with Crippen molar-refractivity contribution in [3.05, 3.63) is 47.3 Å². The van der Waals surface area contributed by atoms with E-state index in [9.17, 15) is 9.00 Å². The molecule has 0 N–H and O–H groups in total. The molecule has 1 aromatic heterocycles. The van der Waals surface area contributed by atoms with Crippen molar-refractivity contribution in [2.45, 2.75) is 18.7 Å². The summed E-state index contributed by atoms with van der Waals surface area (Å²) in [5.74, 6) is 0. The molecule has 0 fully saturated rings. The SMILES string of the molecule is Cc1cc(C=O)c(C)n1-c1ccc(S(C)=O)cc1. The topological polar surface area (TPSA) is 39.1 Å². The minimum Gasteiger partial charge on any atom is -0.318 e. The lowest BCUT2D eigenvalue weighted by molar-refractivity contribution is 0.112. The highest BCUT2D eigenvalue weighted by atomic mass is 32.2. The van der Waals surface area contributed by atoms with Gasteiger partial charge in [-0.05, 0) is 44.2 Å². The molecule has 0 aliphatic carbocycles. The monoisotopic (exact) mass is 261 g/mol. The minimum absolute atomic E-state index is 0.704. The third-order valence-electron chi connectivity index (χ3n) is 3.02. The highest BCUT2D eigenvalue weighted by Gasteiger charge is 2.10. The zero-order valence-corrected chi connectivity index (χ0v) is 11.5. The number of nitrogens with zero attached hydrogens (tertiary/aromatic N) is 1. The number of carbonyl (C=O) groups excluding carboxylic acids is 1. The van der Waals surface area contributed by atoms with Crippen LogP contribution in [0.15, 0.2) is 35.2 Å². The van der Waals surface area contributed by atoms with Gasteiger partial charge in [-0.25, -0.2) is 0 Å². The Bertz CT molecular complexity index is 611. The maximum Gasteiger partial charge on any atom is 0.151 e. The molecule has 4 heteroatoms. The van der Waals surface area contributed by atoms with Gasteiger partial charge in [-0.2, -0.15) is 0 Å². The fourth-order valence-corrected chi connectivity index (χ4v) is 2.61. The zero-order chi connectivity index (χ0) is 13.3. The van der Waals surface area contributed by atoms with Crippen molar-refractivity contribution >= 4 is 17.1 Å². The molecule has 1 aromatic carbocycles. The van der Waals surface area contributed by atoms with Crippen LogP contribution in [0.5, 0.6) is 0 Å². The summed E-state index contributed by atoms with van der Waals surface area (Å²) in [5, 5.41) is 0. The molecule has 0 spiro atoms. The molecule has 0 saturated carbocycles. The van der Waals surface area contributed by atoms with E-state index in [2.05, 4.69) is 0 Å². The molecule has 1 heterocycles. The van der Waals surface area contributed by atoms with Gasteiger partial charge in [-0.3, -0.25) is 9.00 Å². The number of aryl methyl sites for hydroxylation is 1. The van der Waals surface area contributed by atoms with Crippen LogP contribution >= 0.6 is 0 Å². The van der Waals surface area contributed by atoms with E-state index in [4.69, 9.17) is 0 Å². The van der Waals surface area contributed by atoms with Crippen molar-refractivity contribution in [1.29, 1.82) is 0 Å². The number of hydrogen-bond acceptors (Lipinski definition) is 2. The van der Waals surface area contributed by atoms with Gasteiger partial charge in [0.05, 0.1) is 0 Å². The summed E-state index contributed by atoms with van der Waals surface area (Å²) >= 11 is 0. The smallest absolute Gasteiger partial charge is 0.151 e. The van der Waals surface area contributed by atoms with E-state index in [-0.39, 0.29) is 0 Å². The maximum atomic E-state index is 11.3. The first-order chi connectivity index (χ1) is 8.54. The van der Waals surface area contributed by atoms with Gasteiger partial charge >= 0.3 is 0 Å². The van der Waals surface area contributed by atoms with Gasteiger partial charge < -0.3 is 4.57 Å². The normalized spacial score (nSPS) is 12.4. The van der Waals surface area contributed by atoms with Gasteiger partial charge in [0.2, 0.25) is 0 Å². The van der Waals surface area contributed by atoms with Crippen molar-refractivity contribution in [3.63, 3.8) is 0 Å². The van der Waals surface area contributed by atoms with Crippen LogP contribution in [0, 0.1) is 13.8 Å². The van der Waals surface area contributed by atoms with E-state index in [0.29, 0.717) is 5.56 Å². The minimum atomic E-state index is -0.966. The number of carbonyl (C=O) groups is 1. The average molecular weight is 261 g/mol. The molecule has 0 saturated heterocycles. The number of benzene rings is 1. The van der Waals surface area contributed by atoms with Gasteiger partial charge in [0.1, 0.15) is 0 Å². The van der Waals surface area contributed by atoms with Crippen LogP contribution in [0.2, 0.25) is 0 Å². The molecular weight excluding hydrogens is 246 g/mol. The Morgan fingerprint density at radius 1 is 1.17 bits per heavy atom. The first-order valence-corrected chi connectivity index (χ1v) is 7.18. The van der Waals surface area contributed by atoms with Crippen LogP contribution in [0.4, 0.5) is 0 Å². The summed E-state index contributed by atoms with van der Waals surface area (Å²) in [5.41, 5.74) is 3.62. The lowest BCUT2D eigenvalue weighted by Crippen LogP contribution is -2.00. The molecule has 2 rings (SSSR count). The fourth-order valence-electron chi connectivity index (χ4n) is 2.09. The van der Waals surface area contributed by atoms with Crippen LogP contribution in [0.3, 0.4) is 0 Å². The van der Waals surface area contributed by atoms with Crippen LogP contribution < -0.4 is 0 Å². The van der Waals surface area contributed by atoms with Gasteiger partial charge in [0, 0.05) is 44.6 Å². The summed E-state index contributed by atoms with van der Waals surface area (Å²) in [6, 6.07) is 9.42. The van der Waals surface area contributed by atoms with Crippen LogP contribution in [0.25, 0.3) is 5.69 Å². The number of hydrogen-bond donors (Lipinski definition) is 0. The van der Waals surface area contributed by atoms with Gasteiger partial charge in [-0.15, -0.1) is 0 Å². The summed E-state index contributed by atoms with van der Waals surface area (Å²) in [6.07, 6.45) is 2.53. The van der Waals surface area contributed by atoms with Crippen molar-refractivity contribution in [1.82, 2.24) is 4.57 Å². The summed E-state index contributed by atoms with van der Waals surface area (Å²) in [6.45, 7) is 3.88. The summed E-state index contributed by atoms with van der Waals surface area (Å²) < 4.78 is 13.4. The highest BCUT2D eigenvalue weighted by molar-refractivity contribution is 7.84. The molecule has 0 aliphatic rings. The molecule has 18 heavy (non-hydrogen) atoms. The molecule has 0 radical (unpaired) electrons. The summed E-state index contributed by atoms with van der Waals surface area (Å²) in [7, 11) is -0.966. The highest BCUT2D eigenvalue weighted by Crippen LogP contribution is 2.20. The Morgan fingerprint density at radius 3 is 2.22 bits per heavy atom. The van der Waals surface area contributed by atoms with E-state index in [0.717, 1.165) is 28.3 Å². The molecule has 1 atom stereocenters. The fraction of sp³-hybridized carbons (Fsp3) is 0.214. The molecule has 94 valence electrons. The molecular formula is C14H15NO2S. The predicted molar refractivity (Wildman–Crippen MR) is 73.0 cm³/mol. The molecule has 2 aromatic rings. The second kappa shape index (κ2) is 4.90. The standard InChI is InChI=1S/C14H15NO2S/c1-10-8-12(9-16)11(2)15(10)13-4-6-14(7-5-13)18(3)17/h4-9H,1-3H3. The number of aldehydes is 1. The van der Waals surface area contributed by atoms with E-state index < -0.39 is 10.8 Å². The maximum absolute atomic E-state index is 11.3. The van der Waals surface area contributed by atoms with Crippen LogP contribution in [-0.2, 0) is 10.8 Å². The van der Waals surface area contributed by atoms with E-state index in [1.807, 2.05) is 48.7 Å². The molecule has 1 unspecified atom stereocenters. The lowest BCUT2D eigenvalue weighted by atomic mass is 10.2. The Morgan fingerprint density at radius 2 is 1.78 bits per heavy atom. The molecule has 0 bridgehead atoms. The van der Waals surface area contributed by atoms with Crippen LogP contribution in [0.1, 0.15) is 21.7 Å². The molecule has 0 aliphatic heterocycles. The quantitative estimate of drug-likeness (QED) is 0.797. The first kappa shape index (κ1) is 12.8. The largest absolute Gasteiger partial charge is 0.318 e. The van der Waals surface area contributed by atoms with Gasteiger partial charge in [0.25, 0.3) is 0 Å². The Balaban J connectivity index is 2.52. The third-order valence-corrected chi connectivity index (χ3v) is 3.96. The van der Waals surface area contributed by atoms with Gasteiger partial charge in [0.15, 0.2) is 6.29 Å². The third kappa shape index (κ3) is 2.16. The lowest BCUT2D eigenvalue weighted by Gasteiger charge is -2.09. The number of aromatic nitrogens is 1. The predicted octanol–water partition coefficient (Wildman–Crippen LogP) is 2.64. The zero-order valence-electron chi connectivity index (χ0n) is 10.6. The molecule has 3 nitrogen and oxygen atoms in total. The average Bonchev–Trinajstić information content (AvgIpc) is 2.64. The van der Waals surface area contributed by atoms with E-state index >= 15 is 0 Å². The number of rotatable bonds is 3. The van der Waals surface area contributed by atoms with Crippen molar-refractivity contribution in [2.75, 3.05) is 6.26 Å². The Labute approximate surface area is 109 Å². The van der Waals surface area contributed by atoms with E-state index in [1.54, 1.807) is 6.26 Å². The Hall–Kier alpha value is -1.68. The van der Waals surface area contributed by atoms with E-state index in [1.165, 1.54) is 0 Å². The van der Waals surface area contributed by atoms with Gasteiger partial charge in [-0.1, -0.05) is 0 Å². The molecule has 0 amide bonds.